The fourth-order valence-corrected chi connectivity index (χ4v) is 2.47. The van der Waals surface area contributed by atoms with Crippen molar-refractivity contribution in [3.8, 4) is 0 Å². The lowest BCUT2D eigenvalue weighted by molar-refractivity contribution is -0.151. The Morgan fingerprint density at radius 1 is 0.864 bits per heavy atom. The Bertz CT molecular complexity index is 289. The van der Waals surface area contributed by atoms with Crippen LogP contribution in [0.25, 0.3) is 0 Å². The van der Waals surface area contributed by atoms with E-state index in [1.165, 1.54) is 57.8 Å². The summed E-state index contributed by atoms with van der Waals surface area (Å²) in [7, 11) is 0. The first-order valence-corrected chi connectivity index (χ1v) is 8.97. The van der Waals surface area contributed by atoms with Gasteiger partial charge in [-0.3, -0.25) is 9.59 Å². The molecule has 0 aromatic carbocycles. The van der Waals surface area contributed by atoms with E-state index >= 15 is 0 Å². The van der Waals surface area contributed by atoms with Crippen molar-refractivity contribution >= 4 is 11.9 Å². The molecule has 1 N–H and O–H groups in total. The maximum Gasteiger partial charge on any atom is 0.306 e. The molecule has 0 aliphatic rings. The van der Waals surface area contributed by atoms with Crippen molar-refractivity contribution in [3.63, 3.8) is 0 Å². The topological polar surface area (TPSA) is 63.6 Å². The molecule has 4 heteroatoms. The number of unbranched alkanes of at least 4 members (excludes halogenated alkanes) is 9. The van der Waals surface area contributed by atoms with Crippen LogP contribution in [0.4, 0.5) is 0 Å². The van der Waals surface area contributed by atoms with Gasteiger partial charge >= 0.3 is 11.9 Å². The molecule has 0 fully saturated rings. The van der Waals surface area contributed by atoms with Crippen LogP contribution < -0.4 is 0 Å². The normalized spacial score (nSPS) is 12.1. The fraction of sp³-hybridized carbons (Fsp3) is 0.889. The molecule has 0 amide bonds. The van der Waals surface area contributed by atoms with E-state index in [1.54, 1.807) is 0 Å². The number of carbonyl (C=O) groups excluding carboxylic acids is 1. The van der Waals surface area contributed by atoms with E-state index in [-0.39, 0.29) is 18.9 Å². The van der Waals surface area contributed by atoms with Crippen LogP contribution in [-0.4, -0.2) is 23.1 Å². The van der Waals surface area contributed by atoms with Gasteiger partial charge in [0, 0.05) is 0 Å². The van der Waals surface area contributed by atoms with Crippen LogP contribution >= 0.6 is 0 Å². The average molecular weight is 314 g/mol. The van der Waals surface area contributed by atoms with Crippen molar-refractivity contribution in [3.05, 3.63) is 0 Å². The lowest BCUT2D eigenvalue weighted by Gasteiger charge is -2.12. The minimum absolute atomic E-state index is 0.0301. The molecule has 22 heavy (non-hydrogen) atoms. The maximum absolute atomic E-state index is 11.4. The van der Waals surface area contributed by atoms with E-state index in [0.717, 1.165) is 12.8 Å². The highest BCUT2D eigenvalue weighted by atomic mass is 16.5. The molecule has 0 rings (SSSR count). The highest BCUT2D eigenvalue weighted by molar-refractivity contribution is 5.76. The molecule has 0 aliphatic carbocycles. The van der Waals surface area contributed by atoms with Gasteiger partial charge in [0.1, 0.15) is 0 Å². The Kier molecular flexibility index (Phi) is 14.1. The molecule has 0 aromatic heterocycles. The van der Waals surface area contributed by atoms with Gasteiger partial charge in [-0.1, -0.05) is 64.7 Å². The zero-order chi connectivity index (χ0) is 16.6. The number of hydrogen-bond donors (Lipinski definition) is 1. The summed E-state index contributed by atoms with van der Waals surface area (Å²) in [4.78, 5) is 21.7. The third-order valence-electron chi connectivity index (χ3n) is 3.84. The van der Waals surface area contributed by atoms with E-state index in [0.29, 0.717) is 0 Å². The predicted molar refractivity (Wildman–Crippen MR) is 88.9 cm³/mol. The molecule has 4 nitrogen and oxygen atoms in total. The monoisotopic (exact) mass is 314 g/mol. The SMILES string of the molecule is CCCCCCCCCCCCC(C)OC(=O)CCC(=O)O. The summed E-state index contributed by atoms with van der Waals surface area (Å²) in [5.74, 6) is -1.36. The zero-order valence-corrected chi connectivity index (χ0v) is 14.4. The molecule has 0 aromatic rings. The number of hydrogen-bond acceptors (Lipinski definition) is 3. The van der Waals surface area contributed by atoms with Crippen molar-refractivity contribution in [2.75, 3.05) is 0 Å². The summed E-state index contributed by atoms with van der Waals surface area (Å²) < 4.78 is 5.18. The van der Waals surface area contributed by atoms with Gasteiger partial charge in [-0.2, -0.15) is 0 Å². The first-order chi connectivity index (χ1) is 10.6. The smallest absolute Gasteiger partial charge is 0.306 e. The molecule has 0 spiro atoms. The second-order valence-corrected chi connectivity index (χ2v) is 6.16. The summed E-state index contributed by atoms with van der Waals surface area (Å²) >= 11 is 0. The average Bonchev–Trinajstić information content (AvgIpc) is 2.47. The molecule has 1 atom stereocenters. The number of carbonyl (C=O) groups is 2. The van der Waals surface area contributed by atoms with Gasteiger partial charge in [0.2, 0.25) is 0 Å². The van der Waals surface area contributed by atoms with E-state index < -0.39 is 11.9 Å². The highest BCUT2D eigenvalue weighted by Gasteiger charge is 2.10. The third-order valence-corrected chi connectivity index (χ3v) is 3.84. The second-order valence-electron chi connectivity index (χ2n) is 6.16. The number of carboxylic acid groups (broad SMARTS) is 1. The molecular formula is C18H34O4. The van der Waals surface area contributed by atoms with Crippen LogP contribution in [0.5, 0.6) is 0 Å². The van der Waals surface area contributed by atoms with Crippen LogP contribution in [0.15, 0.2) is 0 Å². The van der Waals surface area contributed by atoms with Crippen molar-refractivity contribution in [1.29, 1.82) is 0 Å². The number of ether oxygens (including phenoxy) is 1. The molecule has 1 unspecified atom stereocenters. The Morgan fingerprint density at radius 2 is 1.36 bits per heavy atom. The van der Waals surface area contributed by atoms with E-state index in [1.807, 2.05) is 6.92 Å². The van der Waals surface area contributed by atoms with Crippen molar-refractivity contribution in [2.45, 2.75) is 103 Å². The van der Waals surface area contributed by atoms with Crippen LogP contribution in [0.1, 0.15) is 97.3 Å². The number of carboxylic acids is 1. The Labute approximate surface area is 135 Å². The Balaban J connectivity index is 3.32. The Hall–Kier alpha value is -1.06. The maximum atomic E-state index is 11.4. The van der Waals surface area contributed by atoms with Crippen molar-refractivity contribution in [2.24, 2.45) is 0 Å². The first kappa shape index (κ1) is 20.9. The van der Waals surface area contributed by atoms with E-state index in [4.69, 9.17) is 9.84 Å². The third kappa shape index (κ3) is 15.3. The fourth-order valence-electron chi connectivity index (χ4n) is 2.47. The van der Waals surface area contributed by atoms with Crippen molar-refractivity contribution in [1.82, 2.24) is 0 Å². The van der Waals surface area contributed by atoms with Crippen LogP contribution in [0, 0.1) is 0 Å². The molecule has 0 heterocycles. The summed E-state index contributed by atoms with van der Waals surface area (Å²) in [5.41, 5.74) is 0. The standard InChI is InChI=1S/C18H34O4/c1-3-4-5-6-7-8-9-10-11-12-13-16(2)22-18(21)15-14-17(19)20/h16H,3-15H2,1-2H3,(H,19,20). The zero-order valence-electron chi connectivity index (χ0n) is 14.4. The minimum atomic E-state index is -0.959. The molecule has 0 saturated carbocycles. The Morgan fingerprint density at radius 3 is 1.86 bits per heavy atom. The lowest BCUT2D eigenvalue weighted by Crippen LogP contribution is -2.15. The minimum Gasteiger partial charge on any atom is -0.481 e. The van der Waals surface area contributed by atoms with Gasteiger partial charge in [-0.05, 0) is 19.8 Å². The molecule has 130 valence electrons. The van der Waals surface area contributed by atoms with Crippen LogP contribution in [0.3, 0.4) is 0 Å². The van der Waals surface area contributed by atoms with Gasteiger partial charge < -0.3 is 9.84 Å². The van der Waals surface area contributed by atoms with Gasteiger partial charge in [-0.15, -0.1) is 0 Å². The van der Waals surface area contributed by atoms with Crippen molar-refractivity contribution < 1.29 is 19.4 Å². The molecule has 0 radical (unpaired) electrons. The summed E-state index contributed by atoms with van der Waals surface area (Å²) in [6.45, 7) is 4.12. The lowest BCUT2D eigenvalue weighted by atomic mass is 10.0. The van der Waals surface area contributed by atoms with Crippen LogP contribution in [-0.2, 0) is 14.3 Å². The van der Waals surface area contributed by atoms with E-state index in [2.05, 4.69) is 6.92 Å². The van der Waals surface area contributed by atoms with E-state index in [9.17, 15) is 9.59 Å². The van der Waals surface area contributed by atoms with Gasteiger partial charge in [0.25, 0.3) is 0 Å². The molecule has 0 bridgehead atoms. The second kappa shape index (κ2) is 14.9. The summed E-state index contributed by atoms with van der Waals surface area (Å²) in [6.07, 6.45) is 13.5. The number of rotatable bonds is 15. The quantitative estimate of drug-likeness (QED) is 0.337. The predicted octanol–water partition coefficient (Wildman–Crippen LogP) is 5.09. The molecule has 0 saturated heterocycles. The van der Waals surface area contributed by atoms with Gasteiger partial charge in [0.15, 0.2) is 0 Å². The summed E-state index contributed by atoms with van der Waals surface area (Å²) in [6, 6.07) is 0. The summed E-state index contributed by atoms with van der Waals surface area (Å²) in [5, 5.41) is 8.49. The first-order valence-electron chi connectivity index (χ1n) is 8.97. The largest absolute Gasteiger partial charge is 0.481 e. The molecular weight excluding hydrogens is 280 g/mol. The number of aliphatic carboxylic acids is 1. The molecule has 0 aliphatic heterocycles. The number of esters is 1. The van der Waals surface area contributed by atoms with Gasteiger partial charge in [0.05, 0.1) is 18.9 Å². The van der Waals surface area contributed by atoms with Gasteiger partial charge in [-0.25, -0.2) is 0 Å². The van der Waals surface area contributed by atoms with Crippen LogP contribution in [0.2, 0.25) is 0 Å². The highest BCUT2D eigenvalue weighted by Crippen LogP contribution is 2.13.